The van der Waals surface area contributed by atoms with Crippen molar-refractivity contribution in [3.63, 3.8) is 0 Å². The molecule has 1 nitrogen and oxygen atoms in total. The largest absolute Gasteiger partial charge is 0.295 e. The smallest absolute Gasteiger partial charge is 0.155 e. The highest BCUT2D eigenvalue weighted by Gasteiger charge is 2.57. The van der Waals surface area contributed by atoms with Crippen molar-refractivity contribution in [2.45, 2.75) is 33.6 Å². The van der Waals surface area contributed by atoms with Crippen LogP contribution in [0.25, 0.3) is 0 Å². The molecule has 1 heteroatoms. The summed E-state index contributed by atoms with van der Waals surface area (Å²) >= 11 is 0. The van der Waals surface area contributed by atoms with Crippen LogP contribution in [0.3, 0.4) is 0 Å². The second-order valence-electron chi connectivity index (χ2n) is 4.90. The molecule has 1 saturated carbocycles. The van der Waals surface area contributed by atoms with Crippen LogP contribution in [0.1, 0.15) is 33.6 Å². The van der Waals surface area contributed by atoms with Gasteiger partial charge in [0, 0.05) is 6.42 Å². The van der Waals surface area contributed by atoms with Gasteiger partial charge in [0.15, 0.2) is 5.78 Å². The van der Waals surface area contributed by atoms with E-state index in [1.54, 1.807) is 0 Å². The van der Waals surface area contributed by atoms with Gasteiger partial charge in [-0.2, -0.15) is 0 Å². The molecule has 0 radical (unpaired) electrons. The van der Waals surface area contributed by atoms with Crippen molar-refractivity contribution in [3.05, 3.63) is 11.6 Å². The molecule has 0 aliphatic heterocycles. The van der Waals surface area contributed by atoms with E-state index in [0.717, 1.165) is 18.8 Å². The summed E-state index contributed by atoms with van der Waals surface area (Å²) in [6.07, 6.45) is 3.76. The monoisotopic (exact) mass is 164 g/mol. The van der Waals surface area contributed by atoms with E-state index in [9.17, 15) is 4.79 Å². The van der Waals surface area contributed by atoms with Crippen LogP contribution >= 0.6 is 0 Å². The van der Waals surface area contributed by atoms with E-state index in [0.29, 0.717) is 17.1 Å². The van der Waals surface area contributed by atoms with Crippen molar-refractivity contribution in [2.75, 3.05) is 0 Å². The van der Waals surface area contributed by atoms with E-state index in [1.807, 2.05) is 6.08 Å². The fourth-order valence-electron chi connectivity index (χ4n) is 2.62. The van der Waals surface area contributed by atoms with Gasteiger partial charge in [0.25, 0.3) is 0 Å². The first-order valence-electron chi connectivity index (χ1n) is 4.72. The highest BCUT2D eigenvalue weighted by atomic mass is 16.1. The minimum Gasteiger partial charge on any atom is -0.295 e. The molecule has 0 unspecified atom stereocenters. The summed E-state index contributed by atoms with van der Waals surface area (Å²) in [5, 5.41) is 0. The lowest BCUT2D eigenvalue weighted by Crippen LogP contribution is -2.00. The molecule has 0 amide bonds. The number of ketones is 1. The fourth-order valence-corrected chi connectivity index (χ4v) is 2.62. The first-order valence-corrected chi connectivity index (χ1v) is 4.72. The van der Waals surface area contributed by atoms with Gasteiger partial charge in [0.1, 0.15) is 0 Å². The molecular formula is C11H16O. The first-order chi connectivity index (χ1) is 5.51. The van der Waals surface area contributed by atoms with Crippen LogP contribution in [0, 0.1) is 17.3 Å². The standard InChI is InChI=1S/C11H16O/c1-7-4-8(12)6-10-9(5-7)11(10,2)3/h4,9-10H,5-6H2,1-3H3/t9-,10+/m1/s1. The van der Waals surface area contributed by atoms with Crippen LogP contribution in [0.2, 0.25) is 0 Å². The van der Waals surface area contributed by atoms with E-state index in [4.69, 9.17) is 0 Å². The van der Waals surface area contributed by atoms with Gasteiger partial charge in [0.2, 0.25) is 0 Å². The number of carbonyl (C=O) groups is 1. The molecule has 1 fully saturated rings. The predicted octanol–water partition coefficient (Wildman–Crippen LogP) is 2.57. The van der Waals surface area contributed by atoms with Gasteiger partial charge in [-0.1, -0.05) is 19.4 Å². The maximum Gasteiger partial charge on any atom is 0.155 e. The van der Waals surface area contributed by atoms with Crippen LogP contribution in [0.15, 0.2) is 11.6 Å². The molecule has 0 spiro atoms. The molecule has 12 heavy (non-hydrogen) atoms. The van der Waals surface area contributed by atoms with Gasteiger partial charge in [-0.25, -0.2) is 0 Å². The summed E-state index contributed by atoms with van der Waals surface area (Å²) in [5.41, 5.74) is 1.71. The molecule has 0 bridgehead atoms. The van der Waals surface area contributed by atoms with Crippen molar-refractivity contribution in [1.29, 1.82) is 0 Å². The average molecular weight is 164 g/mol. The maximum atomic E-state index is 11.3. The zero-order valence-electron chi connectivity index (χ0n) is 8.05. The van der Waals surface area contributed by atoms with E-state index in [1.165, 1.54) is 5.57 Å². The third-order valence-corrected chi connectivity index (χ3v) is 3.66. The molecule has 0 heterocycles. The van der Waals surface area contributed by atoms with Crippen molar-refractivity contribution in [1.82, 2.24) is 0 Å². The third-order valence-electron chi connectivity index (χ3n) is 3.66. The molecule has 66 valence electrons. The number of allylic oxidation sites excluding steroid dienone is 2. The lowest BCUT2D eigenvalue weighted by Gasteiger charge is -2.04. The third kappa shape index (κ3) is 1.03. The summed E-state index contributed by atoms with van der Waals surface area (Å²) in [7, 11) is 0. The lowest BCUT2D eigenvalue weighted by atomic mass is 10.0. The molecule has 2 aliphatic rings. The Kier molecular flexibility index (Phi) is 1.48. The summed E-state index contributed by atoms with van der Waals surface area (Å²) in [6.45, 7) is 6.65. The Hall–Kier alpha value is -0.590. The van der Waals surface area contributed by atoms with E-state index in [-0.39, 0.29) is 0 Å². The number of hydrogen-bond acceptors (Lipinski definition) is 1. The number of fused-ring (bicyclic) bond motifs is 1. The topological polar surface area (TPSA) is 17.1 Å². The Labute approximate surface area is 73.8 Å². The molecule has 0 aromatic heterocycles. The van der Waals surface area contributed by atoms with E-state index >= 15 is 0 Å². The van der Waals surface area contributed by atoms with E-state index < -0.39 is 0 Å². The second kappa shape index (κ2) is 2.21. The molecule has 2 atom stereocenters. The van der Waals surface area contributed by atoms with Gasteiger partial charge >= 0.3 is 0 Å². The summed E-state index contributed by atoms with van der Waals surface area (Å²) in [4.78, 5) is 11.3. The Bertz CT molecular complexity index is 260. The molecule has 0 aromatic rings. The van der Waals surface area contributed by atoms with Gasteiger partial charge in [-0.05, 0) is 36.7 Å². The van der Waals surface area contributed by atoms with Gasteiger partial charge in [-0.3, -0.25) is 4.79 Å². The predicted molar refractivity (Wildman–Crippen MR) is 48.8 cm³/mol. The van der Waals surface area contributed by atoms with Crippen LogP contribution in [-0.4, -0.2) is 5.78 Å². The summed E-state index contributed by atoms with van der Waals surface area (Å²) in [6, 6.07) is 0. The minimum absolute atomic E-state index is 0.338. The Morgan fingerprint density at radius 2 is 1.92 bits per heavy atom. The number of rotatable bonds is 0. The number of carbonyl (C=O) groups excluding carboxylic acids is 1. The summed E-state index contributed by atoms with van der Waals surface area (Å²) in [5.74, 6) is 1.78. The Morgan fingerprint density at radius 3 is 2.58 bits per heavy atom. The normalized spacial score (nSPS) is 38.2. The minimum atomic E-state index is 0.338. The quantitative estimate of drug-likeness (QED) is 0.537. The number of hydrogen-bond donors (Lipinski definition) is 0. The van der Waals surface area contributed by atoms with Crippen molar-refractivity contribution < 1.29 is 4.79 Å². The van der Waals surface area contributed by atoms with Crippen molar-refractivity contribution in [3.8, 4) is 0 Å². The van der Waals surface area contributed by atoms with Crippen LogP contribution in [-0.2, 0) is 4.79 Å². The Balaban J connectivity index is 2.21. The van der Waals surface area contributed by atoms with Gasteiger partial charge in [0.05, 0.1) is 0 Å². The SMILES string of the molecule is CC1=CC(=O)C[C@H]2[C@@H](C1)C2(C)C. The molecule has 0 saturated heterocycles. The molecule has 0 aromatic carbocycles. The van der Waals surface area contributed by atoms with Crippen LogP contribution < -0.4 is 0 Å². The molecule has 0 N–H and O–H groups in total. The molecule has 2 rings (SSSR count). The highest BCUT2D eigenvalue weighted by Crippen LogP contribution is 2.63. The Morgan fingerprint density at radius 1 is 1.33 bits per heavy atom. The maximum absolute atomic E-state index is 11.3. The van der Waals surface area contributed by atoms with Gasteiger partial charge < -0.3 is 0 Å². The lowest BCUT2D eigenvalue weighted by molar-refractivity contribution is -0.115. The molecular weight excluding hydrogens is 148 g/mol. The van der Waals surface area contributed by atoms with Crippen molar-refractivity contribution in [2.24, 2.45) is 17.3 Å². The fraction of sp³-hybridized carbons (Fsp3) is 0.727. The van der Waals surface area contributed by atoms with Crippen molar-refractivity contribution >= 4 is 5.78 Å². The average Bonchev–Trinajstić information content (AvgIpc) is 2.45. The zero-order chi connectivity index (χ0) is 8.93. The first kappa shape index (κ1) is 8.03. The zero-order valence-corrected chi connectivity index (χ0v) is 8.05. The molecule has 2 aliphatic carbocycles. The second-order valence-corrected chi connectivity index (χ2v) is 4.90. The van der Waals surface area contributed by atoms with Crippen LogP contribution in [0.4, 0.5) is 0 Å². The highest BCUT2D eigenvalue weighted by molar-refractivity contribution is 5.91. The summed E-state index contributed by atoms with van der Waals surface area (Å²) < 4.78 is 0. The van der Waals surface area contributed by atoms with E-state index in [2.05, 4.69) is 20.8 Å². The van der Waals surface area contributed by atoms with Crippen LogP contribution in [0.5, 0.6) is 0 Å². The van der Waals surface area contributed by atoms with Gasteiger partial charge in [-0.15, -0.1) is 0 Å².